The minimum Gasteiger partial charge on any atom is -0.456 e. The monoisotopic (exact) mass is 695 g/mol. The number of nitrogens with zero attached hydrogens (tertiary/aromatic N) is 4. The predicted molar refractivity (Wildman–Crippen MR) is 220 cm³/mol. The molecule has 6 heteroatoms. The van der Waals surface area contributed by atoms with Crippen LogP contribution in [0.25, 0.3) is 83.6 Å². The fourth-order valence-corrected chi connectivity index (χ4v) is 8.48. The van der Waals surface area contributed by atoms with Crippen molar-refractivity contribution in [3.63, 3.8) is 0 Å². The second-order valence-electron chi connectivity index (χ2n) is 14.5. The molecule has 54 heavy (non-hydrogen) atoms. The Morgan fingerprint density at radius 2 is 1.20 bits per heavy atom. The van der Waals surface area contributed by atoms with Crippen molar-refractivity contribution in [2.75, 3.05) is 5.32 Å². The molecule has 1 N–H and O–H groups in total. The maximum atomic E-state index is 6.53. The second-order valence-corrected chi connectivity index (χ2v) is 14.5. The number of aromatic nitrogens is 4. The molecule has 11 rings (SSSR count). The van der Waals surface area contributed by atoms with E-state index in [0.29, 0.717) is 17.5 Å². The van der Waals surface area contributed by atoms with Gasteiger partial charge in [0.15, 0.2) is 17.5 Å². The summed E-state index contributed by atoms with van der Waals surface area (Å²) in [5.74, 6) is 1.84. The van der Waals surface area contributed by atoms with E-state index in [9.17, 15) is 0 Å². The van der Waals surface area contributed by atoms with Gasteiger partial charge < -0.3 is 14.3 Å². The van der Waals surface area contributed by atoms with Crippen LogP contribution in [0.1, 0.15) is 25.0 Å². The molecular formula is C48H33N5O. The molecule has 0 saturated heterocycles. The first kappa shape index (κ1) is 30.6. The summed E-state index contributed by atoms with van der Waals surface area (Å²) in [4.78, 5) is 15.1. The minimum atomic E-state index is -0.157. The van der Waals surface area contributed by atoms with E-state index in [4.69, 9.17) is 19.4 Å². The summed E-state index contributed by atoms with van der Waals surface area (Å²) in [7, 11) is 0. The van der Waals surface area contributed by atoms with Gasteiger partial charge in [0.2, 0.25) is 0 Å². The van der Waals surface area contributed by atoms with Crippen molar-refractivity contribution in [1.29, 1.82) is 0 Å². The van der Waals surface area contributed by atoms with Gasteiger partial charge in [0, 0.05) is 55.0 Å². The first-order valence-corrected chi connectivity index (χ1v) is 18.3. The smallest absolute Gasteiger partial charge is 0.164 e. The van der Waals surface area contributed by atoms with Gasteiger partial charge in [-0.2, -0.15) is 0 Å². The van der Waals surface area contributed by atoms with Crippen LogP contribution in [0, 0.1) is 0 Å². The number of anilines is 2. The lowest BCUT2D eigenvalue weighted by molar-refractivity contribution is 0.639. The van der Waals surface area contributed by atoms with Crippen LogP contribution in [0.15, 0.2) is 162 Å². The molecule has 0 fully saturated rings. The van der Waals surface area contributed by atoms with Crippen LogP contribution in [-0.4, -0.2) is 19.5 Å². The van der Waals surface area contributed by atoms with Gasteiger partial charge in [-0.05, 0) is 53.6 Å². The zero-order chi connectivity index (χ0) is 36.0. The fourth-order valence-electron chi connectivity index (χ4n) is 8.48. The summed E-state index contributed by atoms with van der Waals surface area (Å²) >= 11 is 0. The van der Waals surface area contributed by atoms with Crippen LogP contribution in [0.5, 0.6) is 0 Å². The molecule has 0 spiro atoms. The molecule has 10 aromatic rings. The van der Waals surface area contributed by atoms with Crippen molar-refractivity contribution >= 4 is 55.1 Å². The van der Waals surface area contributed by atoms with E-state index in [0.717, 1.165) is 61.0 Å². The number of nitrogens with one attached hydrogen (secondary N) is 1. The molecule has 0 radical (unpaired) electrons. The minimum absolute atomic E-state index is 0.157. The third-order valence-electron chi connectivity index (χ3n) is 11.0. The molecular weight excluding hydrogens is 663 g/mol. The molecule has 7 aromatic carbocycles. The summed E-state index contributed by atoms with van der Waals surface area (Å²) in [6, 6.07) is 54.7. The predicted octanol–water partition coefficient (Wildman–Crippen LogP) is 12.3. The molecule has 0 unspecified atom stereocenters. The summed E-state index contributed by atoms with van der Waals surface area (Å²) in [6.45, 7) is 4.65. The highest BCUT2D eigenvalue weighted by Crippen LogP contribution is 2.50. The Labute approximate surface area is 311 Å². The zero-order valence-electron chi connectivity index (χ0n) is 29.7. The highest BCUT2D eigenvalue weighted by molar-refractivity contribution is 6.18. The average molecular weight is 696 g/mol. The van der Waals surface area contributed by atoms with E-state index in [2.05, 4.69) is 109 Å². The van der Waals surface area contributed by atoms with E-state index < -0.39 is 0 Å². The van der Waals surface area contributed by atoms with Gasteiger partial charge in [-0.15, -0.1) is 0 Å². The van der Waals surface area contributed by atoms with Crippen molar-refractivity contribution in [3.8, 4) is 39.9 Å². The third-order valence-corrected chi connectivity index (χ3v) is 11.0. The van der Waals surface area contributed by atoms with E-state index in [1.165, 1.54) is 27.6 Å². The Hall–Kier alpha value is -7.05. The molecule has 0 atom stereocenters. The molecule has 4 heterocycles. The normalized spacial score (nSPS) is 13.3. The van der Waals surface area contributed by atoms with Crippen LogP contribution in [0.3, 0.4) is 0 Å². The van der Waals surface area contributed by atoms with E-state index >= 15 is 0 Å². The van der Waals surface area contributed by atoms with Gasteiger partial charge >= 0.3 is 0 Å². The lowest BCUT2D eigenvalue weighted by Gasteiger charge is -2.36. The maximum Gasteiger partial charge on any atom is 0.164 e. The average Bonchev–Trinajstić information content (AvgIpc) is 3.77. The van der Waals surface area contributed by atoms with Crippen molar-refractivity contribution < 1.29 is 4.42 Å². The quantitative estimate of drug-likeness (QED) is 0.198. The van der Waals surface area contributed by atoms with Gasteiger partial charge in [-0.25, -0.2) is 15.0 Å². The number of fused-ring (bicyclic) bond motifs is 9. The lowest BCUT2D eigenvalue weighted by Crippen LogP contribution is -2.25. The third kappa shape index (κ3) is 4.50. The number of furan rings is 1. The van der Waals surface area contributed by atoms with Crippen LogP contribution < -0.4 is 5.32 Å². The summed E-state index contributed by atoms with van der Waals surface area (Å²) in [6.07, 6.45) is 0. The Kier molecular flexibility index (Phi) is 6.49. The van der Waals surface area contributed by atoms with Crippen molar-refractivity contribution in [2.45, 2.75) is 19.3 Å². The highest BCUT2D eigenvalue weighted by Gasteiger charge is 2.34. The van der Waals surface area contributed by atoms with Crippen molar-refractivity contribution in [3.05, 3.63) is 169 Å². The van der Waals surface area contributed by atoms with Crippen molar-refractivity contribution in [2.24, 2.45) is 0 Å². The number of benzene rings is 7. The van der Waals surface area contributed by atoms with Gasteiger partial charge in [0.1, 0.15) is 11.2 Å². The van der Waals surface area contributed by atoms with Gasteiger partial charge in [-0.1, -0.05) is 129 Å². The second kappa shape index (κ2) is 11.5. The molecule has 0 amide bonds. The molecule has 0 saturated carbocycles. The Balaban J connectivity index is 1.14. The first-order valence-electron chi connectivity index (χ1n) is 18.3. The van der Waals surface area contributed by atoms with E-state index in [1.54, 1.807) is 0 Å². The Bertz CT molecular complexity index is 3050. The summed E-state index contributed by atoms with van der Waals surface area (Å²) in [5, 5.41) is 8.25. The van der Waals surface area contributed by atoms with Crippen molar-refractivity contribution in [1.82, 2.24) is 19.5 Å². The van der Waals surface area contributed by atoms with Gasteiger partial charge in [0.25, 0.3) is 0 Å². The topological polar surface area (TPSA) is 68.8 Å². The maximum absolute atomic E-state index is 6.53. The SMILES string of the molecule is CC1(C)c2ccccc2Nc2c1ccc1c2c2ccccc2n1-c1ccc2oc3cccc(-c4nc(-c5ccccc5)nc(-c5ccccc5)n4)c3c2c1. The van der Waals surface area contributed by atoms with Crippen LogP contribution in [0.4, 0.5) is 11.4 Å². The molecule has 1 aliphatic heterocycles. The standard InChI is InChI=1S/C48H33N5O/c1-48(2)35-20-10-11-21-37(35)49-44-36(48)25-26-39-43(44)32-18-9-12-22-38(32)53(39)31-24-27-40-34(28-31)42-33(19-13-23-41(42)54-40)47-51-45(29-14-5-3-6-15-29)50-46(52-47)30-16-7-4-8-17-30/h3-28,49H,1-2H3. The number of rotatable bonds is 4. The summed E-state index contributed by atoms with van der Waals surface area (Å²) < 4.78 is 8.91. The molecule has 3 aromatic heterocycles. The summed E-state index contributed by atoms with van der Waals surface area (Å²) in [5.41, 5.74) is 12.4. The Morgan fingerprint density at radius 3 is 1.98 bits per heavy atom. The molecule has 6 nitrogen and oxygen atoms in total. The molecule has 0 bridgehead atoms. The highest BCUT2D eigenvalue weighted by atomic mass is 16.3. The largest absolute Gasteiger partial charge is 0.456 e. The molecule has 0 aliphatic carbocycles. The van der Waals surface area contributed by atoms with E-state index in [-0.39, 0.29) is 5.41 Å². The fraction of sp³-hybridized carbons (Fsp3) is 0.0625. The first-order chi connectivity index (χ1) is 26.5. The van der Waals surface area contributed by atoms with Crippen LogP contribution >= 0.6 is 0 Å². The number of hydrogen-bond donors (Lipinski definition) is 1. The zero-order valence-corrected chi connectivity index (χ0v) is 29.7. The van der Waals surface area contributed by atoms with Crippen LogP contribution in [-0.2, 0) is 5.41 Å². The molecule has 1 aliphatic rings. The Morgan fingerprint density at radius 1 is 0.519 bits per heavy atom. The lowest BCUT2D eigenvalue weighted by atomic mass is 9.74. The van der Waals surface area contributed by atoms with Gasteiger partial charge in [-0.3, -0.25) is 0 Å². The van der Waals surface area contributed by atoms with E-state index in [1.807, 2.05) is 72.8 Å². The van der Waals surface area contributed by atoms with Gasteiger partial charge in [0.05, 0.1) is 16.7 Å². The number of hydrogen-bond acceptors (Lipinski definition) is 5. The van der Waals surface area contributed by atoms with Crippen LogP contribution in [0.2, 0.25) is 0 Å². The number of para-hydroxylation sites is 2. The molecule has 256 valence electrons.